The summed E-state index contributed by atoms with van der Waals surface area (Å²) in [5, 5.41) is 3.56. The molecule has 0 aliphatic heterocycles. The van der Waals surface area contributed by atoms with Crippen LogP contribution in [-0.4, -0.2) is 32.9 Å². The lowest BCUT2D eigenvalue weighted by atomic mass is 9.78. The number of sulfonamides is 1. The molecule has 0 aromatic heterocycles. The minimum Gasteiger partial charge on any atom is -0.382 e. The van der Waals surface area contributed by atoms with Crippen LogP contribution >= 0.6 is 0 Å². The van der Waals surface area contributed by atoms with Crippen LogP contribution in [-0.2, 0) is 10.0 Å². The smallest absolute Gasteiger partial charge is 0.242 e. The number of nitrogens with one attached hydrogen (secondary N) is 1. The molecule has 0 saturated heterocycles. The molecule has 0 amide bonds. The van der Waals surface area contributed by atoms with Crippen molar-refractivity contribution in [3.8, 4) is 0 Å². The Morgan fingerprint density at radius 3 is 2.29 bits per heavy atom. The Kier molecular flexibility index (Phi) is 4.94. The first-order valence-corrected chi connectivity index (χ1v) is 9.05. The Balaban J connectivity index is 2.10. The minimum atomic E-state index is -3.34. The number of hydrogen-bond acceptors (Lipinski definition) is 3. The van der Waals surface area contributed by atoms with E-state index in [9.17, 15) is 8.42 Å². The van der Waals surface area contributed by atoms with Gasteiger partial charge in [0, 0.05) is 25.8 Å². The zero-order valence-electron chi connectivity index (χ0n) is 13.3. The molecule has 3 unspecified atom stereocenters. The third kappa shape index (κ3) is 3.58. The van der Waals surface area contributed by atoms with Gasteiger partial charge in [0.05, 0.1) is 4.90 Å². The van der Waals surface area contributed by atoms with Crippen LogP contribution in [0.5, 0.6) is 0 Å². The average molecular weight is 310 g/mol. The monoisotopic (exact) mass is 310 g/mol. The molecule has 0 heterocycles. The van der Waals surface area contributed by atoms with Gasteiger partial charge in [-0.05, 0) is 42.5 Å². The Morgan fingerprint density at radius 2 is 1.71 bits per heavy atom. The summed E-state index contributed by atoms with van der Waals surface area (Å²) in [4.78, 5) is 0.336. The highest BCUT2D eigenvalue weighted by Crippen LogP contribution is 2.31. The highest BCUT2D eigenvalue weighted by atomic mass is 32.2. The Labute approximate surface area is 128 Å². The summed E-state index contributed by atoms with van der Waals surface area (Å²) >= 11 is 0. The normalized spacial score (nSPS) is 26.8. The fourth-order valence-corrected chi connectivity index (χ4v) is 3.84. The summed E-state index contributed by atoms with van der Waals surface area (Å²) in [5.41, 5.74) is 0.999. The van der Waals surface area contributed by atoms with Crippen LogP contribution < -0.4 is 5.32 Å². The number of rotatable bonds is 4. The molecule has 1 aromatic rings. The van der Waals surface area contributed by atoms with Crippen molar-refractivity contribution >= 4 is 15.7 Å². The van der Waals surface area contributed by atoms with Gasteiger partial charge in [-0.2, -0.15) is 0 Å². The molecular weight excluding hydrogens is 284 g/mol. The van der Waals surface area contributed by atoms with Gasteiger partial charge in [-0.3, -0.25) is 0 Å². The van der Waals surface area contributed by atoms with Gasteiger partial charge in [0.15, 0.2) is 0 Å². The fourth-order valence-electron chi connectivity index (χ4n) is 2.93. The predicted molar refractivity (Wildman–Crippen MR) is 86.9 cm³/mol. The van der Waals surface area contributed by atoms with Gasteiger partial charge in [-0.25, -0.2) is 12.7 Å². The zero-order valence-corrected chi connectivity index (χ0v) is 14.2. The zero-order chi connectivity index (χ0) is 15.6. The van der Waals surface area contributed by atoms with E-state index in [2.05, 4.69) is 19.2 Å². The quantitative estimate of drug-likeness (QED) is 0.929. The Bertz CT molecular complexity index is 566. The van der Waals surface area contributed by atoms with Crippen LogP contribution in [0, 0.1) is 11.8 Å². The van der Waals surface area contributed by atoms with Crippen molar-refractivity contribution in [1.82, 2.24) is 4.31 Å². The summed E-state index contributed by atoms with van der Waals surface area (Å²) in [7, 11) is -0.244. The van der Waals surface area contributed by atoms with E-state index in [4.69, 9.17) is 0 Å². The molecule has 0 radical (unpaired) electrons. The van der Waals surface area contributed by atoms with Gasteiger partial charge in [0.2, 0.25) is 10.0 Å². The lowest BCUT2D eigenvalue weighted by Crippen LogP contribution is -2.35. The molecule has 1 aliphatic rings. The van der Waals surface area contributed by atoms with Crippen LogP contribution in [0.3, 0.4) is 0 Å². The van der Waals surface area contributed by atoms with Gasteiger partial charge in [0.25, 0.3) is 0 Å². The summed E-state index contributed by atoms with van der Waals surface area (Å²) in [6, 6.07) is 7.55. The molecule has 4 nitrogen and oxygen atoms in total. The topological polar surface area (TPSA) is 49.4 Å². The molecule has 1 saturated carbocycles. The predicted octanol–water partition coefficient (Wildman–Crippen LogP) is 3.17. The number of anilines is 1. The summed E-state index contributed by atoms with van der Waals surface area (Å²) in [6.45, 7) is 4.61. The van der Waals surface area contributed by atoms with Crippen molar-refractivity contribution in [3.05, 3.63) is 24.3 Å². The van der Waals surface area contributed by atoms with Crippen LogP contribution in [0.2, 0.25) is 0 Å². The van der Waals surface area contributed by atoms with Gasteiger partial charge in [-0.15, -0.1) is 0 Å². The Hall–Kier alpha value is -1.07. The van der Waals surface area contributed by atoms with Crippen molar-refractivity contribution in [3.63, 3.8) is 0 Å². The number of nitrogens with zero attached hydrogens (tertiary/aromatic N) is 1. The molecular formula is C16H26N2O2S. The number of hydrogen-bond donors (Lipinski definition) is 1. The minimum absolute atomic E-state index is 0.336. The standard InChI is InChI=1S/C16H26N2O2S/c1-12-6-5-7-16(13(12)2)17-14-8-10-15(11-9-14)21(19,20)18(3)4/h8-13,16-17H,5-7H2,1-4H3. The second-order valence-electron chi connectivity index (χ2n) is 6.33. The molecule has 3 atom stereocenters. The van der Waals surface area contributed by atoms with Crippen LogP contribution in [0.4, 0.5) is 5.69 Å². The first-order chi connectivity index (χ1) is 9.82. The number of benzene rings is 1. The SMILES string of the molecule is CC1CCCC(Nc2ccc(S(=O)(=O)N(C)C)cc2)C1C. The summed E-state index contributed by atoms with van der Waals surface area (Å²) in [5.74, 6) is 1.38. The van der Waals surface area contributed by atoms with E-state index < -0.39 is 10.0 Å². The second kappa shape index (κ2) is 6.36. The van der Waals surface area contributed by atoms with Crippen molar-refractivity contribution in [1.29, 1.82) is 0 Å². The highest BCUT2D eigenvalue weighted by Gasteiger charge is 2.27. The van der Waals surface area contributed by atoms with E-state index in [-0.39, 0.29) is 0 Å². The highest BCUT2D eigenvalue weighted by molar-refractivity contribution is 7.89. The van der Waals surface area contributed by atoms with Crippen LogP contribution in [0.25, 0.3) is 0 Å². The van der Waals surface area contributed by atoms with Crippen molar-refractivity contribution in [2.24, 2.45) is 11.8 Å². The summed E-state index contributed by atoms with van der Waals surface area (Å²) < 4.78 is 25.3. The summed E-state index contributed by atoms with van der Waals surface area (Å²) in [6.07, 6.45) is 3.75. The molecule has 0 bridgehead atoms. The van der Waals surface area contributed by atoms with Crippen LogP contribution in [0.1, 0.15) is 33.1 Å². The average Bonchev–Trinajstić information content (AvgIpc) is 2.44. The van der Waals surface area contributed by atoms with E-state index in [1.54, 1.807) is 26.2 Å². The van der Waals surface area contributed by atoms with E-state index in [1.165, 1.54) is 23.6 Å². The molecule has 2 rings (SSSR count). The van der Waals surface area contributed by atoms with Gasteiger partial charge in [0.1, 0.15) is 0 Å². The third-order valence-electron chi connectivity index (χ3n) is 4.69. The van der Waals surface area contributed by atoms with E-state index in [0.717, 1.165) is 11.6 Å². The Morgan fingerprint density at radius 1 is 1.10 bits per heavy atom. The first kappa shape index (κ1) is 16.3. The maximum atomic E-state index is 12.0. The van der Waals surface area contributed by atoms with Crippen molar-refractivity contribution in [2.45, 2.75) is 44.0 Å². The third-order valence-corrected chi connectivity index (χ3v) is 6.52. The van der Waals surface area contributed by atoms with Crippen molar-refractivity contribution in [2.75, 3.05) is 19.4 Å². The molecule has 21 heavy (non-hydrogen) atoms. The lowest BCUT2D eigenvalue weighted by Gasteiger charge is -2.35. The molecule has 1 aliphatic carbocycles. The molecule has 1 fully saturated rings. The maximum absolute atomic E-state index is 12.0. The lowest BCUT2D eigenvalue weighted by molar-refractivity contribution is 0.253. The van der Waals surface area contributed by atoms with Gasteiger partial charge < -0.3 is 5.32 Å². The van der Waals surface area contributed by atoms with Crippen molar-refractivity contribution < 1.29 is 8.42 Å². The molecule has 0 spiro atoms. The molecule has 1 N–H and O–H groups in total. The van der Waals surface area contributed by atoms with Gasteiger partial charge in [-0.1, -0.05) is 26.7 Å². The van der Waals surface area contributed by atoms with Gasteiger partial charge >= 0.3 is 0 Å². The molecule has 5 heteroatoms. The second-order valence-corrected chi connectivity index (χ2v) is 8.48. The molecule has 1 aromatic carbocycles. The first-order valence-electron chi connectivity index (χ1n) is 7.61. The van der Waals surface area contributed by atoms with E-state index in [1.807, 2.05) is 12.1 Å². The van der Waals surface area contributed by atoms with E-state index >= 15 is 0 Å². The maximum Gasteiger partial charge on any atom is 0.242 e. The molecule has 118 valence electrons. The fraction of sp³-hybridized carbons (Fsp3) is 0.625. The van der Waals surface area contributed by atoms with Crippen LogP contribution in [0.15, 0.2) is 29.2 Å². The largest absolute Gasteiger partial charge is 0.382 e. The van der Waals surface area contributed by atoms with E-state index in [0.29, 0.717) is 16.9 Å².